The maximum Gasteiger partial charge on any atom is 0.417 e. The van der Waals surface area contributed by atoms with Crippen LogP contribution < -0.4 is 0 Å². The van der Waals surface area contributed by atoms with Crippen molar-refractivity contribution in [2.45, 2.75) is 319 Å². The molecule has 8 saturated carbocycles. The maximum atomic E-state index is 12.0. The topological polar surface area (TPSA) is 311 Å². The fourth-order valence-corrected chi connectivity index (χ4v) is 18.4. The molecule has 0 amide bonds. The van der Waals surface area contributed by atoms with Gasteiger partial charge in [-0.2, -0.15) is 0 Å². The van der Waals surface area contributed by atoms with Gasteiger partial charge in [-0.25, -0.2) is 19.2 Å². The summed E-state index contributed by atoms with van der Waals surface area (Å²) in [5.41, 5.74) is 0. The fourth-order valence-electron chi connectivity index (χ4n) is 18.4. The van der Waals surface area contributed by atoms with Gasteiger partial charge in [-0.15, -0.1) is 0 Å². The number of hydrogen-bond acceptors (Lipinski definition) is 24. The number of fused-ring (bicyclic) bond motifs is 8. The molecule has 16 aliphatic rings. The number of ether oxygens (including phenoxy) is 16. The van der Waals surface area contributed by atoms with Crippen LogP contribution in [0.3, 0.4) is 0 Å². The minimum atomic E-state index is -0.866. The first-order chi connectivity index (χ1) is 51.2. The normalized spacial score (nSPS) is 41.1. The third-order valence-corrected chi connectivity index (χ3v) is 26.7. The SMILES string of the molecule is CC1CC2OC2CC1COC(=O)C=CC(=O)OCC1CC2OC2CC1C.CC1CC2OC2CC1COC(=O)CCC(=O)OCC1CC2OC2CC1C.CC1CC2OC2CC1COC(=O)CCCCCCCCC(=O)OCC1CC2OC2CC1C.O=C(OCC1CCC2OC2C1)C(=O)OCC1CCC2OC2C1. The molecule has 0 aromatic rings. The fraction of sp³-hybridized carbons (Fsp3) is 0.878. The molecule has 30 atom stereocenters. The molecule has 0 aromatic carbocycles. The van der Waals surface area contributed by atoms with Gasteiger partial charge in [0.25, 0.3) is 0 Å². The number of epoxide rings is 8. The Morgan fingerprint density at radius 2 is 0.472 bits per heavy atom. The van der Waals surface area contributed by atoms with E-state index in [1.165, 1.54) is 0 Å². The summed E-state index contributed by atoms with van der Waals surface area (Å²) in [6, 6.07) is 0. The molecule has 8 heterocycles. The van der Waals surface area contributed by atoms with Crippen LogP contribution in [0.2, 0.25) is 0 Å². The molecule has 16 rings (SSSR count). The first-order valence-corrected chi connectivity index (χ1v) is 41.4. The van der Waals surface area contributed by atoms with Gasteiger partial charge in [-0.05, 0) is 211 Å². The molecule has 8 saturated heterocycles. The average molecular weight is 1490 g/mol. The maximum absolute atomic E-state index is 12.0. The number of esters is 8. The van der Waals surface area contributed by atoms with E-state index >= 15 is 0 Å². The summed E-state index contributed by atoms with van der Waals surface area (Å²) in [6.07, 6.45) is 34.5. The van der Waals surface area contributed by atoms with Crippen molar-refractivity contribution in [3.8, 4) is 0 Å². The Hall–Kier alpha value is -4.82. The second-order valence-electron chi connectivity index (χ2n) is 35.0. The lowest BCUT2D eigenvalue weighted by Crippen LogP contribution is -2.28. The lowest BCUT2D eigenvalue weighted by atomic mass is 9.81. The molecule has 16 fully saturated rings. The summed E-state index contributed by atoms with van der Waals surface area (Å²) < 4.78 is 86.8. The third kappa shape index (κ3) is 24.3. The molecule has 0 radical (unpaired) electrons. The predicted molar refractivity (Wildman–Crippen MR) is 378 cm³/mol. The van der Waals surface area contributed by atoms with Gasteiger partial charge < -0.3 is 75.8 Å². The molecular weight excluding hydrogens is 1370 g/mol. The highest BCUT2D eigenvalue weighted by atomic mass is 16.6. The Bertz CT molecular complexity index is 2820. The first-order valence-electron chi connectivity index (χ1n) is 41.4. The number of carbonyl (C=O) groups excluding carboxylic acids is 8. The van der Waals surface area contributed by atoms with Crippen LogP contribution >= 0.6 is 0 Å². The summed E-state index contributed by atoms with van der Waals surface area (Å²) >= 11 is 0. The molecule has 0 N–H and O–H groups in total. The number of carbonyl (C=O) groups is 8. The summed E-state index contributed by atoms with van der Waals surface area (Å²) in [7, 11) is 0. The van der Waals surface area contributed by atoms with Crippen LogP contribution in [0.5, 0.6) is 0 Å². The third-order valence-electron chi connectivity index (χ3n) is 26.7. The Balaban J connectivity index is 0.000000126. The highest BCUT2D eigenvalue weighted by Gasteiger charge is 2.53. The second kappa shape index (κ2) is 37.0. The van der Waals surface area contributed by atoms with Crippen LogP contribution in [0.25, 0.3) is 0 Å². The predicted octanol–water partition coefficient (Wildman–Crippen LogP) is 10.8. The molecule has 24 nitrogen and oxygen atoms in total. The Kier molecular flexibility index (Phi) is 27.7. The van der Waals surface area contributed by atoms with E-state index in [-0.39, 0.29) is 36.7 Å². The quantitative estimate of drug-likeness (QED) is 0.0161. The van der Waals surface area contributed by atoms with E-state index in [1.54, 1.807) is 0 Å². The van der Waals surface area contributed by atoms with Crippen molar-refractivity contribution in [3.05, 3.63) is 12.2 Å². The van der Waals surface area contributed by atoms with Crippen LogP contribution in [0.4, 0.5) is 0 Å². The Morgan fingerprint density at radius 1 is 0.245 bits per heavy atom. The molecule has 30 unspecified atom stereocenters. The minimum Gasteiger partial charge on any atom is -0.465 e. The number of unbranched alkanes of at least 4 members (excludes halogenated alkanes) is 5. The van der Waals surface area contributed by atoms with Gasteiger partial charge in [0, 0.05) is 25.0 Å². The van der Waals surface area contributed by atoms with E-state index in [0.717, 1.165) is 166 Å². The molecule has 106 heavy (non-hydrogen) atoms. The highest BCUT2D eigenvalue weighted by Crippen LogP contribution is 2.48. The second-order valence-corrected chi connectivity index (χ2v) is 35.0. The van der Waals surface area contributed by atoms with Gasteiger partial charge in [-0.1, -0.05) is 67.2 Å². The highest BCUT2D eigenvalue weighted by molar-refractivity contribution is 6.29. The zero-order valence-corrected chi connectivity index (χ0v) is 63.7. The van der Waals surface area contributed by atoms with Crippen LogP contribution in [-0.2, 0) is 114 Å². The van der Waals surface area contributed by atoms with Crippen molar-refractivity contribution < 1.29 is 114 Å². The largest absolute Gasteiger partial charge is 0.465 e. The van der Waals surface area contributed by atoms with Crippen LogP contribution in [0.1, 0.15) is 221 Å². The van der Waals surface area contributed by atoms with Gasteiger partial charge in [0.2, 0.25) is 0 Å². The van der Waals surface area contributed by atoms with E-state index in [1.807, 2.05) is 0 Å². The van der Waals surface area contributed by atoms with E-state index in [9.17, 15) is 38.4 Å². The lowest BCUT2D eigenvalue weighted by Gasteiger charge is -2.26. The average Bonchev–Trinajstić information content (AvgIpc) is 1.73. The Labute approximate surface area is 626 Å². The van der Waals surface area contributed by atoms with Crippen molar-refractivity contribution in [2.24, 2.45) is 82.9 Å². The molecule has 0 bridgehead atoms. The van der Waals surface area contributed by atoms with E-state index in [2.05, 4.69) is 41.5 Å². The zero-order chi connectivity index (χ0) is 74.1. The first kappa shape index (κ1) is 79.3. The molecular formula is C82H122O24. The summed E-state index contributed by atoms with van der Waals surface area (Å²) in [6.45, 7) is 16.5. The Morgan fingerprint density at radius 3 is 0.745 bits per heavy atom. The molecule has 8 aliphatic heterocycles. The lowest BCUT2D eigenvalue weighted by molar-refractivity contribution is -0.169. The van der Waals surface area contributed by atoms with Gasteiger partial charge in [0.1, 0.15) is 0 Å². The van der Waals surface area contributed by atoms with Gasteiger partial charge in [0.05, 0.1) is 163 Å². The van der Waals surface area contributed by atoms with Crippen molar-refractivity contribution in [1.82, 2.24) is 0 Å². The van der Waals surface area contributed by atoms with Crippen molar-refractivity contribution in [2.75, 3.05) is 52.9 Å². The molecule has 0 aromatic heterocycles. The standard InChI is InChI=1S/C26H42O6.C20H30O6.C20H28O6.C16H22O6/c1-17-11-21-23(31-21)13-19(17)15-29-25(27)9-7-5-3-4-6-8-10-26(28)30-16-20-14-24-22(32-24)12-18(20)2;2*1-11-5-15-17(25-15)7-13(11)9-23-19(21)3-4-20(22)24-10-14-8-18-16(26-18)6-12(14)2;17-15(19-7-9-1-3-11-13(5-9)21-11)16(18)20-8-10-2-4-12-14(6-10)22-12/h17-24H,3-16H2,1-2H3;11-18H,3-10H2,1-2H3;3-4,11-18H,5-10H2,1-2H3;9-14H,1-8H2. The molecule has 24 heteroatoms. The van der Waals surface area contributed by atoms with Crippen LogP contribution in [-0.4, -0.2) is 198 Å². The minimum absolute atomic E-state index is 0.0603. The molecule has 594 valence electrons. The number of rotatable bonds is 30. The van der Waals surface area contributed by atoms with E-state index in [0.29, 0.717) is 246 Å². The van der Waals surface area contributed by atoms with Crippen molar-refractivity contribution in [3.63, 3.8) is 0 Å². The summed E-state index contributed by atoms with van der Waals surface area (Å²) in [4.78, 5) is 94.8. The van der Waals surface area contributed by atoms with Gasteiger partial charge in [0.15, 0.2) is 0 Å². The zero-order valence-electron chi connectivity index (χ0n) is 63.7. The molecule has 8 aliphatic carbocycles. The smallest absolute Gasteiger partial charge is 0.417 e. The van der Waals surface area contributed by atoms with Gasteiger partial charge in [-0.3, -0.25) is 19.2 Å². The summed E-state index contributed by atoms with van der Waals surface area (Å²) in [5.74, 6) is 2.68. The van der Waals surface area contributed by atoms with Crippen LogP contribution in [0.15, 0.2) is 12.2 Å². The number of hydrogen-bond donors (Lipinski definition) is 0. The van der Waals surface area contributed by atoms with Crippen LogP contribution in [0, 0.1) is 82.9 Å². The van der Waals surface area contributed by atoms with Gasteiger partial charge >= 0.3 is 47.8 Å². The molecule has 0 spiro atoms. The summed E-state index contributed by atoms with van der Waals surface area (Å²) in [5, 5.41) is 0. The van der Waals surface area contributed by atoms with E-state index < -0.39 is 23.9 Å². The van der Waals surface area contributed by atoms with E-state index in [4.69, 9.17) is 75.8 Å². The van der Waals surface area contributed by atoms with Crippen molar-refractivity contribution >= 4 is 47.8 Å². The van der Waals surface area contributed by atoms with Crippen molar-refractivity contribution in [1.29, 1.82) is 0 Å². The monoisotopic (exact) mass is 1490 g/mol.